The predicted molar refractivity (Wildman–Crippen MR) is 90.5 cm³/mol. The van der Waals surface area contributed by atoms with Crippen LogP contribution in [-0.4, -0.2) is 29.9 Å². The zero-order valence-electron chi connectivity index (χ0n) is 13.8. The van der Waals surface area contributed by atoms with Gasteiger partial charge in [-0.05, 0) is 50.9 Å². The van der Waals surface area contributed by atoms with Crippen molar-refractivity contribution in [2.45, 2.75) is 53.0 Å². The van der Waals surface area contributed by atoms with E-state index in [0.29, 0.717) is 24.0 Å². The topological polar surface area (TPSA) is 58.4 Å². The summed E-state index contributed by atoms with van der Waals surface area (Å²) >= 11 is 0. The van der Waals surface area contributed by atoms with Crippen LogP contribution >= 0.6 is 0 Å². The van der Waals surface area contributed by atoms with Crippen LogP contribution in [0.4, 0.5) is 11.4 Å². The lowest BCUT2D eigenvalue weighted by molar-refractivity contribution is -0.117. The van der Waals surface area contributed by atoms with Gasteiger partial charge in [0.05, 0.1) is 17.9 Å². The van der Waals surface area contributed by atoms with E-state index in [1.165, 1.54) is 0 Å². The molecule has 0 saturated carbocycles. The molecule has 4 nitrogen and oxygen atoms in total. The van der Waals surface area contributed by atoms with Crippen LogP contribution in [0.25, 0.3) is 0 Å². The van der Waals surface area contributed by atoms with Crippen LogP contribution in [0.15, 0.2) is 18.2 Å². The highest BCUT2D eigenvalue weighted by atomic mass is 16.2. The molecule has 1 aromatic rings. The molecule has 3 N–H and O–H groups in total. The number of hydrogen-bond acceptors (Lipinski definition) is 3. The number of nitrogens with one attached hydrogen (secondary N) is 1. The molecule has 0 bridgehead atoms. The minimum atomic E-state index is 0.00181. The zero-order chi connectivity index (χ0) is 15.8. The lowest BCUT2D eigenvalue weighted by Crippen LogP contribution is -2.39. The summed E-state index contributed by atoms with van der Waals surface area (Å²) in [4.78, 5) is 14.5. The molecule has 1 unspecified atom stereocenters. The highest BCUT2D eigenvalue weighted by molar-refractivity contribution is 5.95. The van der Waals surface area contributed by atoms with E-state index in [-0.39, 0.29) is 5.91 Å². The third-order valence-corrected chi connectivity index (χ3v) is 3.84. The van der Waals surface area contributed by atoms with Crippen LogP contribution in [0.1, 0.15) is 45.6 Å². The van der Waals surface area contributed by atoms with E-state index in [0.717, 1.165) is 31.4 Å². The van der Waals surface area contributed by atoms with Crippen molar-refractivity contribution in [2.75, 3.05) is 24.1 Å². The average molecular weight is 291 g/mol. The van der Waals surface area contributed by atoms with Crippen molar-refractivity contribution in [3.63, 3.8) is 0 Å². The van der Waals surface area contributed by atoms with Crippen molar-refractivity contribution in [1.82, 2.24) is 4.90 Å². The number of anilines is 2. The summed E-state index contributed by atoms with van der Waals surface area (Å²) in [5.41, 5.74) is 8.35. The summed E-state index contributed by atoms with van der Waals surface area (Å²) in [6, 6.07) is 6.11. The molecule has 0 radical (unpaired) electrons. The first kappa shape index (κ1) is 17.5. The second-order valence-electron chi connectivity index (χ2n) is 5.72. The number of rotatable bonds is 8. The molecule has 1 atom stereocenters. The SMILES string of the molecule is CCCCN(CC(=O)Nc1ccc(C)cc1N)C(C)CC. The maximum absolute atomic E-state index is 12.2. The number of nitrogens with two attached hydrogens (primary N) is 1. The van der Waals surface area contributed by atoms with Crippen LogP contribution in [0.5, 0.6) is 0 Å². The quantitative estimate of drug-likeness (QED) is 0.722. The Morgan fingerprint density at radius 3 is 2.67 bits per heavy atom. The number of carbonyl (C=O) groups is 1. The second-order valence-corrected chi connectivity index (χ2v) is 5.72. The lowest BCUT2D eigenvalue weighted by Gasteiger charge is -2.27. The molecule has 0 aromatic heterocycles. The van der Waals surface area contributed by atoms with E-state index in [2.05, 4.69) is 31.0 Å². The van der Waals surface area contributed by atoms with Crippen molar-refractivity contribution >= 4 is 17.3 Å². The van der Waals surface area contributed by atoms with Crippen LogP contribution < -0.4 is 11.1 Å². The van der Waals surface area contributed by atoms with E-state index in [1.807, 2.05) is 25.1 Å². The number of benzene rings is 1. The van der Waals surface area contributed by atoms with E-state index >= 15 is 0 Å². The Hall–Kier alpha value is -1.55. The van der Waals surface area contributed by atoms with Crippen LogP contribution in [0, 0.1) is 6.92 Å². The fourth-order valence-corrected chi connectivity index (χ4v) is 2.24. The number of amides is 1. The number of aryl methyl sites for hydroxylation is 1. The van der Waals surface area contributed by atoms with Crippen LogP contribution in [-0.2, 0) is 4.79 Å². The number of nitrogen functional groups attached to an aromatic ring is 1. The van der Waals surface area contributed by atoms with Gasteiger partial charge in [-0.3, -0.25) is 9.69 Å². The Balaban J connectivity index is 2.64. The van der Waals surface area contributed by atoms with Crippen molar-refractivity contribution in [3.05, 3.63) is 23.8 Å². The normalized spacial score (nSPS) is 12.4. The molecule has 118 valence electrons. The first-order valence-corrected chi connectivity index (χ1v) is 7.87. The molecule has 0 spiro atoms. The number of hydrogen-bond donors (Lipinski definition) is 2. The van der Waals surface area contributed by atoms with Gasteiger partial charge in [0.1, 0.15) is 0 Å². The van der Waals surface area contributed by atoms with Gasteiger partial charge in [0.15, 0.2) is 0 Å². The molecule has 4 heteroatoms. The summed E-state index contributed by atoms with van der Waals surface area (Å²) in [6.45, 7) is 9.85. The van der Waals surface area contributed by atoms with E-state index in [1.54, 1.807) is 0 Å². The fourth-order valence-electron chi connectivity index (χ4n) is 2.24. The number of nitrogens with zero attached hydrogens (tertiary/aromatic N) is 1. The van der Waals surface area contributed by atoms with Gasteiger partial charge in [-0.1, -0.05) is 26.3 Å². The number of carbonyl (C=O) groups excluding carboxylic acids is 1. The van der Waals surface area contributed by atoms with Gasteiger partial charge in [0.2, 0.25) is 5.91 Å². The number of unbranched alkanes of at least 4 members (excludes halogenated alkanes) is 1. The minimum Gasteiger partial charge on any atom is -0.397 e. The Morgan fingerprint density at radius 1 is 1.38 bits per heavy atom. The molecule has 21 heavy (non-hydrogen) atoms. The fraction of sp³-hybridized carbons (Fsp3) is 0.588. The molecule has 0 aliphatic carbocycles. The standard InChI is InChI=1S/C17H29N3O/c1-5-7-10-20(14(4)6-2)12-17(21)19-16-9-8-13(3)11-15(16)18/h8-9,11,14H,5-7,10,12,18H2,1-4H3,(H,19,21). The highest BCUT2D eigenvalue weighted by Crippen LogP contribution is 2.19. The van der Waals surface area contributed by atoms with Gasteiger partial charge in [-0.2, -0.15) is 0 Å². The van der Waals surface area contributed by atoms with Crippen molar-refractivity contribution in [2.24, 2.45) is 0 Å². The monoisotopic (exact) mass is 291 g/mol. The molecule has 1 amide bonds. The summed E-state index contributed by atoms with van der Waals surface area (Å²) in [7, 11) is 0. The minimum absolute atomic E-state index is 0.00181. The average Bonchev–Trinajstić information content (AvgIpc) is 2.45. The summed E-state index contributed by atoms with van der Waals surface area (Å²) in [5.74, 6) is 0.00181. The molecule has 0 aliphatic rings. The maximum atomic E-state index is 12.2. The van der Waals surface area contributed by atoms with Gasteiger partial charge < -0.3 is 11.1 Å². The van der Waals surface area contributed by atoms with Gasteiger partial charge >= 0.3 is 0 Å². The van der Waals surface area contributed by atoms with Crippen molar-refractivity contribution < 1.29 is 4.79 Å². The zero-order valence-corrected chi connectivity index (χ0v) is 13.8. The van der Waals surface area contributed by atoms with Crippen molar-refractivity contribution in [3.8, 4) is 0 Å². The third-order valence-electron chi connectivity index (χ3n) is 3.84. The molecule has 0 aliphatic heterocycles. The molecule has 0 fully saturated rings. The first-order chi connectivity index (χ1) is 9.97. The van der Waals surface area contributed by atoms with Gasteiger partial charge in [0, 0.05) is 6.04 Å². The summed E-state index contributed by atoms with van der Waals surface area (Å²) in [5, 5.41) is 2.92. The second kappa shape index (κ2) is 8.67. The molecule has 1 aromatic carbocycles. The Bertz CT molecular complexity index is 459. The molecule has 0 saturated heterocycles. The van der Waals surface area contributed by atoms with Gasteiger partial charge in [-0.25, -0.2) is 0 Å². The molecular weight excluding hydrogens is 262 g/mol. The smallest absolute Gasteiger partial charge is 0.238 e. The van der Waals surface area contributed by atoms with Gasteiger partial charge in [0.25, 0.3) is 0 Å². The molecular formula is C17H29N3O. The third kappa shape index (κ3) is 5.76. The highest BCUT2D eigenvalue weighted by Gasteiger charge is 2.16. The molecule has 0 heterocycles. The van der Waals surface area contributed by atoms with Crippen LogP contribution in [0.2, 0.25) is 0 Å². The largest absolute Gasteiger partial charge is 0.397 e. The van der Waals surface area contributed by atoms with Crippen molar-refractivity contribution in [1.29, 1.82) is 0 Å². The Labute approximate surface area is 128 Å². The van der Waals surface area contributed by atoms with E-state index in [4.69, 9.17) is 5.73 Å². The Kier molecular flexibility index (Phi) is 7.23. The van der Waals surface area contributed by atoms with E-state index < -0.39 is 0 Å². The van der Waals surface area contributed by atoms with Crippen LogP contribution in [0.3, 0.4) is 0 Å². The summed E-state index contributed by atoms with van der Waals surface area (Å²) < 4.78 is 0. The first-order valence-electron chi connectivity index (χ1n) is 7.87. The maximum Gasteiger partial charge on any atom is 0.238 e. The Morgan fingerprint density at radius 2 is 2.10 bits per heavy atom. The molecule has 1 rings (SSSR count). The predicted octanol–water partition coefficient (Wildman–Crippen LogP) is 3.42. The van der Waals surface area contributed by atoms with Gasteiger partial charge in [-0.15, -0.1) is 0 Å². The van der Waals surface area contributed by atoms with E-state index in [9.17, 15) is 4.79 Å². The lowest BCUT2D eigenvalue weighted by atomic mass is 10.2. The summed E-state index contributed by atoms with van der Waals surface area (Å²) in [6.07, 6.45) is 3.30.